The van der Waals surface area contributed by atoms with Gasteiger partial charge in [0.25, 0.3) is 0 Å². The van der Waals surface area contributed by atoms with Crippen LogP contribution >= 0.6 is 34.9 Å². The van der Waals surface area contributed by atoms with Crippen LogP contribution in [0.2, 0.25) is 0 Å². The highest BCUT2D eigenvalue weighted by atomic mass is 32.2. The summed E-state index contributed by atoms with van der Waals surface area (Å²) in [6.07, 6.45) is 0.770. The van der Waals surface area contributed by atoms with Crippen molar-refractivity contribution in [3.05, 3.63) is 41.8 Å². The zero-order chi connectivity index (χ0) is 18.6. The van der Waals surface area contributed by atoms with Crippen molar-refractivity contribution < 1.29 is 4.52 Å². The Morgan fingerprint density at radius 1 is 1.07 bits per heavy atom. The second kappa shape index (κ2) is 8.41. The lowest BCUT2D eigenvalue weighted by molar-refractivity contribution is 0.385. The number of hydrogen-bond acceptors (Lipinski definition) is 9. The molecule has 0 amide bonds. The molecule has 0 unspecified atom stereocenters. The van der Waals surface area contributed by atoms with E-state index < -0.39 is 0 Å². The minimum atomic E-state index is 0.593. The van der Waals surface area contributed by atoms with E-state index in [1.165, 1.54) is 4.70 Å². The second-order valence-electron chi connectivity index (χ2n) is 5.63. The van der Waals surface area contributed by atoms with Crippen molar-refractivity contribution in [3.8, 4) is 0 Å². The van der Waals surface area contributed by atoms with Gasteiger partial charge >= 0.3 is 0 Å². The van der Waals surface area contributed by atoms with Gasteiger partial charge in [-0.3, -0.25) is 0 Å². The third-order valence-electron chi connectivity index (χ3n) is 3.86. The molecule has 1 aromatic carbocycles. The number of nitrogens with zero attached hydrogens (tertiary/aromatic N) is 6. The highest BCUT2D eigenvalue weighted by molar-refractivity contribution is 8.00. The lowest BCUT2D eigenvalue weighted by Gasteiger charge is -2.05. The zero-order valence-electron chi connectivity index (χ0n) is 15.0. The molecule has 0 bridgehead atoms. The van der Waals surface area contributed by atoms with Gasteiger partial charge in [-0.05, 0) is 19.1 Å². The largest absolute Gasteiger partial charge is 0.338 e. The van der Waals surface area contributed by atoms with E-state index in [0.29, 0.717) is 11.6 Å². The van der Waals surface area contributed by atoms with E-state index >= 15 is 0 Å². The maximum absolute atomic E-state index is 5.24. The van der Waals surface area contributed by atoms with E-state index in [9.17, 15) is 0 Å². The minimum absolute atomic E-state index is 0.593. The van der Waals surface area contributed by atoms with Crippen LogP contribution in [0.1, 0.15) is 31.4 Å². The smallest absolute Gasteiger partial charge is 0.237 e. The molecular weight excluding hydrogens is 400 g/mol. The first-order valence-corrected chi connectivity index (χ1v) is 11.4. The van der Waals surface area contributed by atoms with E-state index in [1.54, 1.807) is 34.9 Å². The van der Waals surface area contributed by atoms with Crippen molar-refractivity contribution in [1.29, 1.82) is 0 Å². The quantitative estimate of drug-likeness (QED) is 0.388. The molecule has 3 heterocycles. The maximum Gasteiger partial charge on any atom is 0.237 e. The number of aryl methyl sites for hydroxylation is 1. The summed E-state index contributed by atoms with van der Waals surface area (Å²) >= 11 is 4.97. The Balaban J connectivity index is 1.42. The molecule has 0 N–H and O–H groups in total. The van der Waals surface area contributed by atoms with Crippen LogP contribution in [0.25, 0.3) is 10.2 Å². The Hall–Kier alpha value is -1.91. The highest BCUT2D eigenvalue weighted by Gasteiger charge is 2.14. The average molecular weight is 419 g/mol. The number of hydrogen-bond donors (Lipinski definition) is 0. The normalized spacial score (nSPS) is 11.5. The topological polar surface area (TPSA) is 82.5 Å². The molecule has 4 rings (SSSR count). The number of rotatable bonds is 8. The third kappa shape index (κ3) is 4.17. The summed E-state index contributed by atoms with van der Waals surface area (Å²) < 4.78 is 9.63. The van der Waals surface area contributed by atoms with Crippen LogP contribution in [-0.4, -0.2) is 29.9 Å². The molecule has 4 aromatic rings. The van der Waals surface area contributed by atoms with Gasteiger partial charge in [0, 0.05) is 13.0 Å². The van der Waals surface area contributed by atoms with Crippen molar-refractivity contribution in [1.82, 2.24) is 29.9 Å². The van der Waals surface area contributed by atoms with Crippen molar-refractivity contribution in [2.45, 2.75) is 47.8 Å². The predicted molar refractivity (Wildman–Crippen MR) is 108 cm³/mol. The molecule has 0 aliphatic heterocycles. The molecule has 0 aliphatic carbocycles. The van der Waals surface area contributed by atoms with E-state index in [0.717, 1.165) is 45.4 Å². The molecule has 0 saturated heterocycles. The maximum atomic E-state index is 5.24. The lowest BCUT2D eigenvalue weighted by Crippen LogP contribution is -2.02. The third-order valence-corrected chi connectivity index (χ3v) is 6.99. The molecule has 0 spiro atoms. The second-order valence-corrected chi connectivity index (χ2v) is 8.82. The number of para-hydroxylation sites is 1. The summed E-state index contributed by atoms with van der Waals surface area (Å²) in [5, 5.41) is 13.5. The predicted octanol–water partition coefficient (Wildman–Crippen LogP) is 4.44. The molecule has 3 aromatic heterocycles. The van der Waals surface area contributed by atoms with Crippen LogP contribution < -0.4 is 0 Å². The van der Waals surface area contributed by atoms with Crippen molar-refractivity contribution >= 4 is 45.1 Å². The van der Waals surface area contributed by atoms with E-state index in [1.807, 2.05) is 25.1 Å². The number of thioether (sulfide) groups is 2. The first kappa shape index (κ1) is 18.5. The number of thiazole rings is 1. The summed E-state index contributed by atoms with van der Waals surface area (Å²) in [6, 6.07) is 8.20. The minimum Gasteiger partial charge on any atom is -0.338 e. The van der Waals surface area contributed by atoms with Crippen molar-refractivity contribution in [2.24, 2.45) is 0 Å². The molecule has 0 fully saturated rings. The summed E-state index contributed by atoms with van der Waals surface area (Å²) in [6.45, 7) is 4.92. The van der Waals surface area contributed by atoms with Gasteiger partial charge in [0.2, 0.25) is 5.89 Å². The Labute approximate surface area is 169 Å². The van der Waals surface area contributed by atoms with Gasteiger partial charge in [0.15, 0.2) is 15.3 Å². The SMILES string of the molecule is CCc1noc(CSc2nnc(CSc3nc4ccccc4s3)n2CC)n1. The Morgan fingerprint density at radius 2 is 1.96 bits per heavy atom. The fourth-order valence-electron chi connectivity index (χ4n) is 2.51. The van der Waals surface area contributed by atoms with Gasteiger partial charge in [-0.2, -0.15) is 4.98 Å². The zero-order valence-corrected chi connectivity index (χ0v) is 17.4. The van der Waals surface area contributed by atoms with Gasteiger partial charge in [0.05, 0.1) is 21.7 Å². The van der Waals surface area contributed by atoms with Crippen LogP contribution in [0, 0.1) is 0 Å². The van der Waals surface area contributed by atoms with Crippen LogP contribution in [0.15, 0.2) is 38.3 Å². The molecule has 140 valence electrons. The molecule has 0 atom stereocenters. The van der Waals surface area contributed by atoms with Crippen LogP contribution in [0.4, 0.5) is 0 Å². The van der Waals surface area contributed by atoms with Gasteiger partial charge in [0.1, 0.15) is 5.82 Å². The van der Waals surface area contributed by atoms with Crippen LogP contribution in [-0.2, 0) is 24.5 Å². The Morgan fingerprint density at radius 3 is 2.74 bits per heavy atom. The first-order valence-electron chi connectivity index (χ1n) is 8.61. The summed E-state index contributed by atoms with van der Waals surface area (Å²) in [4.78, 5) is 9.00. The summed E-state index contributed by atoms with van der Waals surface area (Å²) in [7, 11) is 0. The average Bonchev–Trinajstić information content (AvgIpc) is 3.41. The lowest BCUT2D eigenvalue weighted by atomic mass is 10.3. The fourth-order valence-corrected chi connectivity index (χ4v) is 5.37. The first-order chi connectivity index (χ1) is 13.3. The molecule has 10 heteroatoms. The van der Waals surface area contributed by atoms with E-state index in [-0.39, 0.29) is 0 Å². The summed E-state index contributed by atoms with van der Waals surface area (Å²) in [5.41, 5.74) is 1.05. The van der Waals surface area contributed by atoms with Crippen LogP contribution in [0.3, 0.4) is 0 Å². The van der Waals surface area contributed by atoms with Crippen LogP contribution in [0.5, 0.6) is 0 Å². The van der Waals surface area contributed by atoms with Gasteiger partial charge < -0.3 is 9.09 Å². The molecule has 0 saturated carbocycles. The van der Waals surface area contributed by atoms with Crippen molar-refractivity contribution in [2.75, 3.05) is 0 Å². The standard InChI is InChI=1S/C17H18N6OS3/c1-3-13-19-15(24-22-13)10-25-16-21-20-14(23(16)4-2)9-26-17-18-11-7-5-6-8-12(11)27-17/h5-8H,3-4,9-10H2,1-2H3. The number of fused-ring (bicyclic) bond motifs is 1. The monoisotopic (exact) mass is 418 g/mol. The van der Waals surface area contributed by atoms with Crippen molar-refractivity contribution in [3.63, 3.8) is 0 Å². The van der Waals surface area contributed by atoms with Gasteiger partial charge in [-0.25, -0.2) is 4.98 Å². The van der Waals surface area contributed by atoms with E-state index in [2.05, 4.69) is 42.9 Å². The van der Waals surface area contributed by atoms with Gasteiger partial charge in [-0.15, -0.1) is 21.5 Å². The Bertz CT molecular complexity index is 1010. The molecule has 0 aliphatic rings. The molecule has 27 heavy (non-hydrogen) atoms. The van der Waals surface area contributed by atoms with E-state index in [4.69, 9.17) is 4.52 Å². The fraction of sp³-hybridized carbons (Fsp3) is 0.353. The molecule has 7 nitrogen and oxygen atoms in total. The highest BCUT2D eigenvalue weighted by Crippen LogP contribution is 2.31. The number of benzene rings is 1. The summed E-state index contributed by atoms with van der Waals surface area (Å²) in [5.74, 6) is 3.63. The number of aromatic nitrogens is 6. The van der Waals surface area contributed by atoms with Gasteiger partial charge in [-0.1, -0.05) is 47.7 Å². The molecule has 0 radical (unpaired) electrons. The Kier molecular flexibility index (Phi) is 5.74. The molecular formula is C17H18N6OS3.